The van der Waals surface area contributed by atoms with Crippen molar-refractivity contribution in [3.05, 3.63) is 0 Å². The van der Waals surface area contributed by atoms with Crippen LogP contribution in [0.3, 0.4) is 0 Å². The first-order valence-electron chi connectivity index (χ1n) is 5.45. The lowest BCUT2D eigenvalue weighted by atomic mass is 10.2. The van der Waals surface area contributed by atoms with Crippen molar-refractivity contribution in [2.75, 3.05) is 5.75 Å². The molecule has 0 aliphatic rings. The molecule has 0 aromatic heterocycles. The molecule has 0 rings (SSSR count). The van der Waals surface area contributed by atoms with E-state index in [1.807, 2.05) is 13.8 Å². The minimum Gasteiger partial charge on any atom is -0.480 e. The quantitative estimate of drug-likeness (QED) is 0.708. The first kappa shape index (κ1) is 14.8. The minimum atomic E-state index is -0.757. The molecule has 0 heterocycles. The average Bonchev–Trinajstić information content (AvgIpc) is 2.10. The molecule has 15 heavy (non-hydrogen) atoms. The highest BCUT2D eigenvalue weighted by atomic mass is 32.2. The van der Waals surface area contributed by atoms with E-state index >= 15 is 0 Å². The van der Waals surface area contributed by atoms with Crippen LogP contribution in [-0.2, 0) is 4.79 Å². The second-order valence-electron chi connectivity index (χ2n) is 4.49. The van der Waals surface area contributed by atoms with E-state index in [0.717, 1.165) is 0 Å². The van der Waals surface area contributed by atoms with Gasteiger partial charge in [0, 0.05) is 17.0 Å². The monoisotopic (exact) mass is 233 g/mol. The SMILES string of the molecule is CC(C)NC(CSC(C)C(C)C)C(=O)O. The van der Waals surface area contributed by atoms with Gasteiger partial charge in [-0.1, -0.05) is 34.6 Å². The number of carboxylic acid groups (broad SMARTS) is 1. The molecule has 3 nitrogen and oxygen atoms in total. The van der Waals surface area contributed by atoms with Gasteiger partial charge in [-0.05, 0) is 5.92 Å². The third-order valence-corrected chi connectivity index (χ3v) is 3.89. The van der Waals surface area contributed by atoms with Gasteiger partial charge in [-0.2, -0.15) is 11.8 Å². The van der Waals surface area contributed by atoms with Crippen molar-refractivity contribution in [1.29, 1.82) is 0 Å². The van der Waals surface area contributed by atoms with Gasteiger partial charge < -0.3 is 10.4 Å². The molecule has 0 saturated heterocycles. The molecule has 2 N–H and O–H groups in total. The molecule has 0 bridgehead atoms. The van der Waals surface area contributed by atoms with Gasteiger partial charge in [0.1, 0.15) is 6.04 Å². The van der Waals surface area contributed by atoms with Crippen LogP contribution in [0.4, 0.5) is 0 Å². The maximum atomic E-state index is 10.9. The van der Waals surface area contributed by atoms with Crippen LogP contribution >= 0.6 is 11.8 Å². The Labute approximate surface area is 97.0 Å². The van der Waals surface area contributed by atoms with Gasteiger partial charge in [0.2, 0.25) is 0 Å². The van der Waals surface area contributed by atoms with E-state index < -0.39 is 12.0 Å². The van der Waals surface area contributed by atoms with Gasteiger partial charge in [0.15, 0.2) is 0 Å². The molecule has 0 aliphatic carbocycles. The minimum absolute atomic E-state index is 0.209. The normalized spacial score (nSPS) is 15.7. The lowest BCUT2D eigenvalue weighted by Gasteiger charge is -2.20. The molecule has 0 aromatic rings. The van der Waals surface area contributed by atoms with E-state index in [4.69, 9.17) is 5.11 Å². The summed E-state index contributed by atoms with van der Waals surface area (Å²) < 4.78 is 0. The number of carbonyl (C=O) groups is 1. The number of aliphatic carboxylic acids is 1. The van der Waals surface area contributed by atoms with Gasteiger partial charge in [-0.25, -0.2) is 0 Å². The highest BCUT2D eigenvalue weighted by molar-refractivity contribution is 7.99. The molecule has 0 aliphatic heterocycles. The Bertz CT molecular complexity index is 195. The van der Waals surface area contributed by atoms with Crippen LogP contribution in [-0.4, -0.2) is 34.2 Å². The number of nitrogens with one attached hydrogen (secondary N) is 1. The molecule has 0 radical (unpaired) electrons. The molecule has 0 spiro atoms. The zero-order chi connectivity index (χ0) is 12.0. The van der Waals surface area contributed by atoms with E-state index in [1.165, 1.54) is 0 Å². The summed E-state index contributed by atoms with van der Waals surface area (Å²) in [6.07, 6.45) is 0. The smallest absolute Gasteiger partial charge is 0.321 e. The maximum Gasteiger partial charge on any atom is 0.321 e. The Kier molecular flexibility index (Phi) is 7.02. The van der Waals surface area contributed by atoms with Gasteiger partial charge in [-0.15, -0.1) is 0 Å². The van der Waals surface area contributed by atoms with E-state index in [9.17, 15) is 4.79 Å². The van der Waals surface area contributed by atoms with Crippen LogP contribution in [0.25, 0.3) is 0 Å². The standard InChI is InChI=1S/C11H23NO2S/c1-7(2)9(5)15-6-10(11(13)14)12-8(3)4/h7-10,12H,6H2,1-5H3,(H,13,14). The highest BCUT2D eigenvalue weighted by Gasteiger charge is 2.19. The first-order valence-corrected chi connectivity index (χ1v) is 6.50. The Morgan fingerprint density at radius 3 is 2.13 bits per heavy atom. The van der Waals surface area contributed by atoms with Crippen molar-refractivity contribution in [3.63, 3.8) is 0 Å². The topological polar surface area (TPSA) is 49.3 Å². The molecule has 2 unspecified atom stereocenters. The molecule has 0 saturated carbocycles. The predicted octanol–water partition coefficient (Wildman–Crippen LogP) is 2.22. The number of carboxylic acids is 1. The van der Waals surface area contributed by atoms with E-state index in [2.05, 4.69) is 26.1 Å². The van der Waals surface area contributed by atoms with Crippen LogP contribution in [0.2, 0.25) is 0 Å². The summed E-state index contributed by atoms with van der Waals surface area (Å²) in [5.74, 6) is 0.461. The predicted molar refractivity (Wildman–Crippen MR) is 66.5 cm³/mol. The summed E-state index contributed by atoms with van der Waals surface area (Å²) in [6.45, 7) is 10.4. The fourth-order valence-electron chi connectivity index (χ4n) is 1.03. The molecule has 2 atom stereocenters. The largest absolute Gasteiger partial charge is 0.480 e. The zero-order valence-corrected chi connectivity index (χ0v) is 11.1. The van der Waals surface area contributed by atoms with E-state index in [0.29, 0.717) is 16.9 Å². The average molecular weight is 233 g/mol. The van der Waals surface area contributed by atoms with Crippen molar-refractivity contribution < 1.29 is 9.90 Å². The number of rotatable bonds is 7. The third-order valence-electron chi connectivity index (χ3n) is 2.30. The van der Waals surface area contributed by atoms with E-state index in [-0.39, 0.29) is 6.04 Å². The molecule has 0 amide bonds. The van der Waals surface area contributed by atoms with Crippen LogP contribution in [0.15, 0.2) is 0 Å². The maximum absolute atomic E-state index is 10.9. The highest BCUT2D eigenvalue weighted by Crippen LogP contribution is 2.19. The Hall–Kier alpha value is -0.220. The first-order chi connectivity index (χ1) is 6.84. The van der Waals surface area contributed by atoms with Crippen LogP contribution < -0.4 is 5.32 Å². The van der Waals surface area contributed by atoms with Gasteiger partial charge in [-0.3, -0.25) is 4.79 Å². The third kappa shape index (κ3) is 6.79. The van der Waals surface area contributed by atoms with Gasteiger partial charge in [0.05, 0.1) is 0 Å². The fourth-order valence-corrected chi connectivity index (χ4v) is 2.15. The van der Waals surface area contributed by atoms with Crippen molar-refractivity contribution in [3.8, 4) is 0 Å². The van der Waals surface area contributed by atoms with Crippen LogP contribution in [0, 0.1) is 5.92 Å². The van der Waals surface area contributed by atoms with Crippen molar-refractivity contribution in [2.45, 2.75) is 52.0 Å². The number of hydrogen-bond acceptors (Lipinski definition) is 3. The fraction of sp³-hybridized carbons (Fsp3) is 0.909. The molecular weight excluding hydrogens is 210 g/mol. The van der Waals surface area contributed by atoms with Gasteiger partial charge >= 0.3 is 5.97 Å². The second-order valence-corrected chi connectivity index (χ2v) is 5.90. The van der Waals surface area contributed by atoms with Crippen LogP contribution in [0.1, 0.15) is 34.6 Å². The van der Waals surface area contributed by atoms with E-state index in [1.54, 1.807) is 11.8 Å². The summed E-state index contributed by atoms with van der Waals surface area (Å²) in [6, 6.07) is -0.225. The van der Waals surface area contributed by atoms with Gasteiger partial charge in [0.25, 0.3) is 0 Å². The summed E-state index contributed by atoms with van der Waals surface area (Å²) in [7, 11) is 0. The number of thioether (sulfide) groups is 1. The molecular formula is C11H23NO2S. The van der Waals surface area contributed by atoms with Crippen molar-refractivity contribution >= 4 is 17.7 Å². The summed E-state index contributed by atoms with van der Waals surface area (Å²) >= 11 is 1.72. The van der Waals surface area contributed by atoms with Crippen molar-refractivity contribution in [2.24, 2.45) is 5.92 Å². The number of hydrogen-bond donors (Lipinski definition) is 2. The summed E-state index contributed by atoms with van der Waals surface area (Å²) in [5.41, 5.74) is 0. The zero-order valence-electron chi connectivity index (χ0n) is 10.3. The molecule has 0 aromatic carbocycles. The summed E-state index contributed by atoms with van der Waals surface area (Å²) in [4.78, 5) is 10.9. The lowest BCUT2D eigenvalue weighted by molar-refractivity contribution is -0.139. The Morgan fingerprint density at radius 2 is 1.80 bits per heavy atom. The Balaban J connectivity index is 4.02. The lowest BCUT2D eigenvalue weighted by Crippen LogP contribution is -2.43. The second kappa shape index (κ2) is 7.12. The Morgan fingerprint density at radius 1 is 1.27 bits per heavy atom. The summed E-state index contributed by atoms with van der Waals surface area (Å²) in [5, 5.41) is 12.6. The van der Waals surface area contributed by atoms with Crippen LogP contribution in [0.5, 0.6) is 0 Å². The molecule has 4 heteroatoms. The molecule has 0 fully saturated rings. The molecule has 90 valence electrons. The van der Waals surface area contributed by atoms with Crippen molar-refractivity contribution in [1.82, 2.24) is 5.32 Å².